The van der Waals surface area contributed by atoms with Crippen molar-refractivity contribution < 1.29 is 8.78 Å². The highest BCUT2D eigenvalue weighted by atomic mass is 35.5. The summed E-state index contributed by atoms with van der Waals surface area (Å²) in [5.74, 6) is -0.463. The molecule has 1 rings (SSSR count). The van der Waals surface area contributed by atoms with Crippen molar-refractivity contribution in [1.82, 2.24) is 0 Å². The molecular weight excluding hydrogens is 158 g/mol. The number of alkyl halides is 3. The maximum absolute atomic E-state index is 12.8. The topological polar surface area (TPSA) is 0 Å². The van der Waals surface area contributed by atoms with Gasteiger partial charge in [-0.05, 0) is 12.8 Å². The summed E-state index contributed by atoms with van der Waals surface area (Å²) in [4.78, 5) is 0. The molecule has 0 spiro atoms. The van der Waals surface area contributed by atoms with Crippen LogP contribution in [-0.4, -0.2) is 17.7 Å². The Hall–Kier alpha value is 0.150. The van der Waals surface area contributed by atoms with Gasteiger partial charge in [-0.3, -0.25) is 0 Å². The van der Waals surface area contributed by atoms with Gasteiger partial charge < -0.3 is 0 Å². The summed E-state index contributed by atoms with van der Waals surface area (Å²) in [7, 11) is 0. The molecule has 1 aliphatic rings. The van der Waals surface area contributed by atoms with Gasteiger partial charge in [0, 0.05) is 11.3 Å². The third kappa shape index (κ3) is 1.60. The molecule has 0 aromatic carbocycles. The minimum Gasteiger partial charge on any atom is -0.247 e. The van der Waals surface area contributed by atoms with Crippen LogP contribution in [0, 0.1) is 5.92 Å². The van der Waals surface area contributed by atoms with E-state index >= 15 is 0 Å². The highest BCUT2D eigenvalue weighted by Crippen LogP contribution is 2.31. The van der Waals surface area contributed by atoms with Gasteiger partial charge in [0.2, 0.25) is 0 Å². The lowest BCUT2D eigenvalue weighted by Gasteiger charge is -2.29. The van der Waals surface area contributed by atoms with Crippen LogP contribution in [-0.2, 0) is 0 Å². The fourth-order valence-electron chi connectivity index (χ4n) is 1.24. The molecule has 2 unspecified atom stereocenters. The van der Waals surface area contributed by atoms with E-state index < -0.39 is 18.3 Å². The Morgan fingerprint density at radius 1 is 1.20 bits per heavy atom. The van der Waals surface area contributed by atoms with E-state index in [4.69, 9.17) is 11.6 Å². The van der Waals surface area contributed by atoms with Gasteiger partial charge in [-0.1, -0.05) is 6.92 Å². The molecule has 0 aliphatic heterocycles. The first-order valence-corrected chi connectivity index (χ1v) is 3.97. The highest BCUT2D eigenvalue weighted by molar-refractivity contribution is 6.20. The zero-order valence-corrected chi connectivity index (χ0v) is 6.61. The lowest BCUT2D eigenvalue weighted by Crippen LogP contribution is -2.33. The van der Waals surface area contributed by atoms with Crippen molar-refractivity contribution in [2.24, 2.45) is 5.92 Å². The van der Waals surface area contributed by atoms with Crippen molar-refractivity contribution >= 4 is 11.6 Å². The molecule has 1 fully saturated rings. The Balaban J connectivity index is 2.49. The van der Waals surface area contributed by atoms with Gasteiger partial charge in [0.25, 0.3) is 0 Å². The van der Waals surface area contributed by atoms with E-state index in [1.807, 2.05) is 0 Å². The summed E-state index contributed by atoms with van der Waals surface area (Å²) in [6.45, 7) is 1.60. The smallest absolute Gasteiger partial charge is 0.107 e. The van der Waals surface area contributed by atoms with E-state index in [0.29, 0.717) is 12.8 Å². The lowest BCUT2D eigenvalue weighted by molar-refractivity contribution is 0.0906. The van der Waals surface area contributed by atoms with Crippen molar-refractivity contribution in [3.05, 3.63) is 0 Å². The molecule has 60 valence electrons. The zero-order chi connectivity index (χ0) is 7.72. The fourth-order valence-corrected chi connectivity index (χ4v) is 1.58. The fraction of sp³-hybridized carbons (Fsp3) is 1.00. The van der Waals surface area contributed by atoms with Gasteiger partial charge in [-0.2, -0.15) is 0 Å². The van der Waals surface area contributed by atoms with Crippen LogP contribution < -0.4 is 0 Å². The third-order valence-corrected chi connectivity index (χ3v) is 2.46. The second-order valence-electron chi connectivity index (χ2n) is 2.96. The van der Waals surface area contributed by atoms with Crippen molar-refractivity contribution in [3.63, 3.8) is 0 Å². The van der Waals surface area contributed by atoms with Crippen LogP contribution in [0.1, 0.15) is 19.8 Å². The first kappa shape index (κ1) is 8.25. The van der Waals surface area contributed by atoms with Gasteiger partial charge in [-0.15, -0.1) is 11.6 Å². The van der Waals surface area contributed by atoms with Crippen LogP contribution in [0.4, 0.5) is 8.78 Å². The second kappa shape index (κ2) is 3.04. The maximum atomic E-state index is 12.8. The molecule has 0 aromatic rings. The normalized spacial score (nSPS) is 49.2. The SMILES string of the molecule is CC1C(F)CC(Cl)CC1F. The molecule has 3 heteroatoms. The van der Waals surface area contributed by atoms with Crippen LogP contribution in [0.2, 0.25) is 0 Å². The number of halogens is 3. The molecule has 0 N–H and O–H groups in total. The Labute approximate surface area is 64.6 Å². The highest BCUT2D eigenvalue weighted by Gasteiger charge is 2.34. The number of hydrogen-bond donors (Lipinski definition) is 0. The summed E-state index contributed by atoms with van der Waals surface area (Å²) < 4.78 is 25.5. The van der Waals surface area contributed by atoms with Gasteiger partial charge in [0.15, 0.2) is 0 Å². The van der Waals surface area contributed by atoms with E-state index in [1.165, 1.54) is 0 Å². The number of rotatable bonds is 0. The van der Waals surface area contributed by atoms with Crippen molar-refractivity contribution in [3.8, 4) is 0 Å². The molecule has 1 aliphatic carbocycles. The van der Waals surface area contributed by atoms with Gasteiger partial charge in [0.05, 0.1) is 0 Å². The van der Waals surface area contributed by atoms with Crippen LogP contribution in [0.25, 0.3) is 0 Å². The largest absolute Gasteiger partial charge is 0.247 e. The average molecular weight is 169 g/mol. The summed E-state index contributed by atoms with van der Waals surface area (Å²) >= 11 is 5.59. The summed E-state index contributed by atoms with van der Waals surface area (Å²) in [6, 6.07) is 0. The van der Waals surface area contributed by atoms with Crippen molar-refractivity contribution in [2.75, 3.05) is 0 Å². The molecule has 0 bridgehead atoms. The monoisotopic (exact) mass is 168 g/mol. The quantitative estimate of drug-likeness (QED) is 0.488. The van der Waals surface area contributed by atoms with E-state index in [2.05, 4.69) is 0 Å². The Kier molecular flexibility index (Phi) is 2.50. The predicted octanol–water partition coefficient (Wildman–Crippen LogP) is 2.70. The minimum absolute atomic E-state index is 0.304. The third-order valence-electron chi connectivity index (χ3n) is 2.10. The standard InChI is InChI=1S/C7H11ClF2/c1-4-6(9)2-5(8)3-7(4)10/h4-7H,2-3H2,1H3. The maximum Gasteiger partial charge on any atom is 0.107 e. The van der Waals surface area contributed by atoms with Crippen LogP contribution in [0.3, 0.4) is 0 Å². The Morgan fingerprint density at radius 2 is 1.60 bits per heavy atom. The summed E-state index contributed by atoms with van der Waals surface area (Å²) in [6.07, 6.45) is -1.48. The van der Waals surface area contributed by atoms with E-state index in [9.17, 15) is 8.78 Å². The molecular formula is C7H11ClF2. The predicted molar refractivity (Wildman–Crippen MR) is 37.8 cm³/mol. The first-order chi connectivity index (χ1) is 4.61. The van der Waals surface area contributed by atoms with Crippen LogP contribution in [0.5, 0.6) is 0 Å². The molecule has 2 atom stereocenters. The van der Waals surface area contributed by atoms with Crippen LogP contribution >= 0.6 is 11.6 Å². The molecule has 0 heterocycles. The van der Waals surface area contributed by atoms with E-state index in [1.54, 1.807) is 6.92 Å². The van der Waals surface area contributed by atoms with Crippen molar-refractivity contribution in [1.29, 1.82) is 0 Å². The number of hydrogen-bond acceptors (Lipinski definition) is 0. The molecule has 1 saturated carbocycles. The van der Waals surface area contributed by atoms with Gasteiger partial charge in [-0.25, -0.2) is 8.78 Å². The first-order valence-electron chi connectivity index (χ1n) is 3.53. The van der Waals surface area contributed by atoms with Crippen molar-refractivity contribution in [2.45, 2.75) is 37.5 Å². The van der Waals surface area contributed by atoms with Crippen LogP contribution in [0.15, 0.2) is 0 Å². The molecule has 0 radical (unpaired) electrons. The van der Waals surface area contributed by atoms with Gasteiger partial charge >= 0.3 is 0 Å². The zero-order valence-electron chi connectivity index (χ0n) is 5.86. The van der Waals surface area contributed by atoms with E-state index in [0.717, 1.165) is 0 Å². The summed E-state index contributed by atoms with van der Waals surface area (Å²) in [5.41, 5.74) is 0. The Bertz CT molecular complexity index is 106. The lowest BCUT2D eigenvalue weighted by atomic mass is 9.87. The Morgan fingerprint density at radius 3 is 2.00 bits per heavy atom. The van der Waals surface area contributed by atoms with E-state index in [-0.39, 0.29) is 5.38 Å². The second-order valence-corrected chi connectivity index (χ2v) is 3.58. The molecule has 0 saturated heterocycles. The molecule has 10 heavy (non-hydrogen) atoms. The summed E-state index contributed by atoms with van der Waals surface area (Å²) in [5, 5.41) is -0.304. The molecule has 0 nitrogen and oxygen atoms in total. The molecule has 0 aromatic heterocycles. The molecule has 0 amide bonds. The minimum atomic E-state index is -1.05. The average Bonchev–Trinajstić information content (AvgIpc) is 1.82. The van der Waals surface area contributed by atoms with Gasteiger partial charge in [0.1, 0.15) is 12.3 Å².